The predicted molar refractivity (Wildman–Crippen MR) is 69.9 cm³/mol. The normalized spacial score (nSPS) is 13.4. The lowest BCUT2D eigenvalue weighted by molar-refractivity contribution is 0.128. The number of hydrogen-bond donors (Lipinski definition) is 1. The molecule has 0 amide bonds. The van der Waals surface area contributed by atoms with Crippen LogP contribution in [0, 0.1) is 0 Å². The fourth-order valence-electron chi connectivity index (χ4n) is 1.56. The van der Waals surface area contributed by atoms with Crippen molar-refractivity contribution in [3.05, 3.63) is 35.4 Å². The van der Waals surface area contributed by atoms with Gasteiger partial charge < -0.3 is 5.73 Å². The molecule has 17 heavy (non-hydrogen) atoms. The predicted octanol–water partition coefficient (Wildman–Crippen LogP) is 4.06. The summed E-state index contributed by atoms with van der Waals surface area (Å²) in [5, 5.41) is 0. The van der Waals surface area contributed by atoms with E-state index in [9.17, 15) is 8.78 Å². The Hall–Kier alpha value is -0.670. The van der Waals surface area contributed by atoms with Gasteiger partial charge in [0.25, 0.3) is 0 Å². The minimum atomic E-state index is -2.35. The molecule has 0 heterocycles. The number of halogens is 3. The Morgan fingerprint density at radius 2 is 1.59 bits per heavy atom. The number of hydrogen-bond acceptors (Lipinski definition) is 1. The highest BCUT2D eigenvalue weighted by atomic mass is 35.5. The van der Waals surface area contributed by atoms with Crippen molar-refractivity contribution >= 4 is 12.4 Å². The van der Waals surface area contributed by atoms with Crippen molar-refractivity contribution in [3.8, 4) is 0 Å². The maximum atomic E-state index is 12.2. The molecule has 0 radical (unpaired) electrons. The van der Waals surface area contributed by atoms with Gasteiger partial charge in [-0.1, -0.05) is 45.0 Å². The summed E-state index contributed by atoms with van der Waals surface area (Å²) in [6.07, 6.45) is -2.63. The van der Waals surface area contributed by atoms with Gasteiger partial charge in [0.2, 0.25) is 6.43 Å². The first-order valence-corrected chi connectivity index (χ1v) is 5.45. The van der Waals surface area contributed by atoms with Crippen LogP contribution >= 0.6 is 12.4 Å². The molecule has 0 aromatic heterocycles. The molecule has 1 nitrogen and oxygen atoms in total. The van der Waals surface area contributed by atoms with Gasteiger partial charge in [0.15, 0.2) is 0 Å². The Morgan fingerprint density at radius 3 is 1.94 bits per heavy atom. The lowest BCUT2D eigenvalue weighted by Gasteiger charge is -2.20. The van der Waals surface area contributed by atoms with E-state index in [1.165, 1.54) is 5.56 Å². The molecule has 2 N–H and O–H groups in total. The van der Waals surface area contributed by atoms with Crippen molar-refractivity contribution in [2.24, 2.45) is 5.73 Å². The molecule has 1 rings (SSSR count). The molecule has 0 aliphatic heterocycles. The topological polar surface area (TPSA) is 26.0 Å². The fourth-order valence-corrected chi connectivity index (χ4v) is 1.56. The highest BCUT2D eigenvalue weighted by Gasteiger charge is 2.16. The summed E-state index contributed by atoms with van der Waals surface area (Å²) in [5.74, 6) is 0. The Balaban J connectivity index is 0.00000256. The number of rotatable bonds is 3. The Morgan fingerprint density at radius 1 is 1.12 bits per heavy atom. The first-order valence-electron chi connectivity index (χ1n) is 5.45. The molecule has 4 heteroatoms. The molecule has 1 aromatic carbocycles. The maximum absolute atomic E-state index is 12.2. The van der Waals surface area contributed by atoms with Crippen molar-refractivity contribution < 1.29 is 8.78 Å². The summed E-state index contributed by atoms with van der Waals surface area (Å²) in [6.45, 7) is 6.34. The van der Waals surface area contributed by atoms with Gasteiger partial charge in [-0.15, -0.1) is 12.4 Å². The molecule has 98 valence electrons. The van der Waals surface area contributed by atoms with Crippen molar-refractivity contribution in [1.29, 1.82) is 0 Å². The summed E-state index contributed by atoms with van der Waals surface area (Å²) in [5.41, 5.74) is 7.70. The third kappa shape index (κ3) is 5.00. The van der Waals surface area contributed by atoms with E-state index in [-0.39, 0.29) is 24.2 Å². The number of nitrogens with two attached hydrogens (primary N) is 1. The van der Waals surface area contributed by atoms with Gasteiger partial charge in [0, 0.05) is 12.5 Å². The Bertz CT molecular complexity index is 330. The molecule has 1 aromatic rings. The van der Waals surface area contributed by atoms with E-state index < -0.39 is 12.5 Å². The summed E-state index contributed by atoms with van der Waals surface area (Å²) < 4.78 is 24.3. The van der Waals surface area contributed by atoms with Crippen LogP contribution in [-0.2, 0) is 5.41 Å². The van der Waals surface area contributed by atoms with E-state index in [1.807, 2.05) is 24.3 Å². The van der Waals surface area contributed by atoms with Gasteiger partial charge in [-0.2, -0.15) is 0 Å². The largest absolute Gasteiger partial charge is 0.324 e. The Labute approximate surface area is 108 Å². The summed E-state index contributed by atoms with van der Waals surface area (Å²) in [7, 11) is 0. The van der Waals surface area contributed by atoms with Crippen LogP contribution < -0.4 is 5.73 Å². The minimum Gasteiger partial charge on any atom is -0.324 e. The second kappa shape index (κ2) is 6.31. The van der Waals surface area contributed by atoms with Crippen LogP contribution in [-0.4, -0.2) is 6.43 Å². The lowest BCUT2D eigenvalue weighted by Crippen LogP contribution is -2.15. The SMILES string of the molecule is CC(C)(C)c1ccc([C@H](N)CC(F)F)cc1.Cl. The van der Waals surface area contributed by atoms with Crippen LogP contribution in [0.3, 0.4) is 0 Å². The molecule has 0 saturated carbocycles. The Kier molecular flexibility index (Phi) is 6.06. The summed E-state index contributed by atoms with van der Waals surface area (Å²) >= 11 is 0. The third-order valence-corrected chi connectivity index (χ3v) is 2.64. The summed E-state index contributed by atoms with van der Waals surface area (Å²) in [6, 6.07) is 7.02. The van der Waals surface area contributed by atoms with Crippen molar-refractivity contribution in [2.75, 3.05) is 0 Å². The van der Waals surface area contributed by atoms with Gasteiger partial charge in [-0.25, -0.2) is 8.78 Å². The van der Waals surface area contributed by atoms with Gasteiger partial charge in [0.1, 0.15) is 0 Å². The molecule has 0 bridgehead atoms. The van der Waals surface area contributed by atoms with Crippen LogP contribution in [0.5, 0.6) is 0 Å². The summed E-state index contributed by atoms with van der Waals surface area (Å²) in [4.78, 5) is 0. The highest BCUT2D eigenvalue weighted by Crippen LogP contribution is 2.24. The maximum Gasteiger partial charge on any atom is 0.240 e. The van der Waals surface area contributed by atoms with Crippen LogP contribution in [0.4, 0.5) is 8.78 Å². The molecular formula is C13H20ClF2N. The van der Waals surface area contributed by atoms with Gasteiger partial charge in [-0.05, 0) is 16.5 Å². The molecule has 0 saturated heterocycles. The van der Waals surface area contributed by atoms with Crippen molar-refractivity contribution in [2.45, 2.75) is 45.1 Å². The smallest absolute Gasteiger partial charge is 0.240 e. The third-order valence-electron chi connectivity index (χ3n) is 2.64. The zero-order chi connectivity index (χ0) is 12.3. The standard InChI is InChI=1S/C13H19F2N.ClH/c1-13(2,3)10-6-4-9(5-7-10)11(16)8-12(14)15;/h4-7,11-12H,8,16H2,1-3H3;1H/t11-;/m1./s1. The van der Waals surface area contributed by atoms with Crippen molar-refractivity contribution in [3.63, 3.8) is 0 Å². The highest BCUT2D eigenvalue weighted by molar-refractivity contribution is 5.85. The van der Waals surface area contributed by atoms with E-state index in [4.69, 9.17) is 5.73 Å². The fraction of sp³-hybridized carbons (Fsp3) is 0.538. The number of benzene rings is 1. The van der Waals surface area contributed by atoms with Crippen LogP contribution in [0.15, 0.2) is 24.3 Å². The van der Waals surface area contributed by atoms with Crippen LogP contribution in [0.25, 0.3) is 0 Å². The first kappa shape index (κ1) is 16.3. The van der Waals surface area contributed by atoms with Gasteiger partial charge in [0.05, 0.1) is 0 Å². The zero-order valence-corrected chi connectivity index (χ0v) is 11.2. The number of alkyl halides is 2. The molecule has 1 atom stereocenters. The second-order valence-electron chi connectivity index (χ2n) is 5.11. The van der Waals surface area contributed by atoms with E-state index in [0.717, 1.165) is 5.56 Å². The van der Waals surface area contributed by atoms with Crippen molar-refractivity contribution in [1.82, 2.24) is 0 Å². The molecule has 0 unspecified atom stereocenters. The molecule has 0 fully saturated rings. The average molecular weight is 264 g/mol. The average Bonchev–Trinajstić information content (AvgIpc) is 2.15. The molecular weight excluding hydrogens is 244 g/mol. The first-order chi connectivity index (χ1) is 7.30. The van der Waals surface area contributed by atoms with E-state index in [1.54, 1.807) is 0 Å². The van der Waals surface area contributed by atoms with Crippen LogP contribution in [0.1, 0.15) is 44.4 Å². The van der Waals surface area contributed by atoms with E-state index in [2.05, 4.69) is 20.8 Å². The van der Waals surface area contributed by atoms with E-state index >= 15 is 0 Å². The lowest BCUT2D eigenvalue weighted by atomic mass is 9.86. The van der Waals surface area contributed by atoms with Gasteiger partial charge >= 0.3 is 0 Å². The minimum absolute atomic E-state index is 0. The molecule has 0 aliphatic rings. The second-order valence-corrected chi connectivity index (χ2v) is 5.11. The zero-order valence-electron chi connectivity index (χ0n) is 10.4. The van der Waals surface area contributed by atoms with Crippen LogP contribution in [0.2, 0.25) is 0 Å². The molecule has 0 spiro atoms. The molecule has 0 aliphatic carbocycles. The van der Waals surface area contributed by atoms with E-state index in [0.29, 0.717) is 0 Å². The van der Waals surface area contributed by atoms with Gasteiger partial charge in [-0.3, -0.25) is 0 Å². The monoisotopic (exact) mass is 263 g/mol. The quantitative estimate of drug-likeness (QED) is 0.874.